The fourth-order valence-corrected chi connectivity index (χ4v) is 4.91. The minimum absolute atomic E-state index is 0.000609. The molecule has 11 heteroatoms. The second-order valence-electron chi connectivity index (χ2n) is 8.71. The number of hydrogen-bond acceptors (Lipinski definition) is 8. The van der Waals surface area contributed by atoms with Crippen LogP contribution < -0.4 is 26.4 Å². The summed E-state index contributed by atoms with van der Waals surface area (Å²) >= 11 is 0.756. The Labute approximate surface area is 218 Å². The van der Waals surface area contributed by atoms with Crippen molar-refractivity contribution in [3.05, 3.63) is 70.2 Å². The lowest BCUT2D eigenvalue weighted by atomic mass is 10.0. The molecule has 3 aromatic rings. The van der Waals surface area contributed by atoms with Crippen LogP contribution in [-0.4, -0.2) is 48.5 Å². The van der Waals surface area contributed by atoms with Gasteiger partial charge in [-0.25, -0.2) is 0 Å². The Morgan fingerprint density at radius 3 is 2.62 bits per heavy atom. The van der Waals surface area contributed by atoms with E-state index in [-0.39, 0.29) is 22.4 Å². The van der Waals surface area contributed by atoms with Crippen LogP contribution in [0.5, 0.6) is 5.75 Å². The molecule has 1 aliphatic heterocycles. The molecule has 1 saturated heterocycles. The van der Waals surface area contributed by atoms with Gasteiger partial charge in [-0.1, -0.05) is 35.9 Å². The van der Waals surface area contributed by atoms with Crippen LogP contribution in [0, 0.1) is 6.92 Å². The molecule has 2 atom stereocenters. The normalized spacial score (nSPS) is 15.7. The Morgan fingerprint density at radius 1 is 1.24 bits per heavy atom. The van der Waals surface area contributed by atoms with Crippen LogP contribution in [-0.2, 0) is 9.53 Å². The van der Waals surface area contributed by atoms with Crippen LogP contribution in [0.15, 0.2) is 48.5 Å². The van der Waals surface area contributed by atoms with Crippen molar-refractivity contribution in [2.45, 2.75) is 31.9 Å². The van der Waals surface area contributed by atoms with Crippen molar-refractivity contribution in [2.24, 2.45) is 5.73 Å². The third kappa shape index (κ3) is 5.73. The number of benzene rings is 2. The number of nitrogens with two attached hydrogens (primary N) is 2. The van der Waals surface area contributed by atoms with E-state index in [9.17, 15) is 14.4 Å². The quantitative estimate of drug-likeness (QED) is 0.390. The molecule has 1 aliphatic rings. The summed E-state index contributed by atoms with van der Waals surface area (Å²) in [5.74, 6) is -1.35. The van der Waals surface area contributed by atoms with Gasteiger partial charge in [0, 0.05) is 24.9 Å². The number of amides is 3. The molecule has 0 saturated carbocycles. The number of carbonyl (C=O) groups excluding carboxylic acids is 3. The summed E-state index contributed by atoms with van der Waals surface area (Å²) < 4.78 is 15.0. The number of aromatic nitrogens is 1. The monoisotopic (exact) mass is 523 g/mol. The van der Waals surface area contributed by atoms with E-state index in [0.717, 1.165) is 29.9 Å². The third-order valence-electron chi connectivity index (χ3n) is 6.13. The van der Waals surface area contributed by atoms with E-state index in [1.807, 2.05) is 19.1 Å². The largest absolute Gasteiger partial charge is 0.497 e. The molecule has 10 nitrogen and oxygen atoms in total. The number of anilines is 2. The van der Waals surface area contributed by atoms with Crippen molar-refractivity contribution in [3.8, 4) is 5.75 Å². The van der Waals surface area contributed by atoms with Gasteiger partial charge in [-0.2, -0.15) is 4.37 Å². The Hall–Kier alpha value is -3.96. The summed E-state index contributed by atoms with van der Waals surface area (Å²) in [6.07, 6.45) is 1.70. The van der Waals surface area contributed by atoms with Crippen molar-refractivity contribution in [3.63, 3.8) is 0 Å². The van der Waals surface area contributed by atoms with Crippen LogP contribution >= 0.6 is 11.5 Å². The predicted octanol–water partition coefficient (Wildman–Crippen LogP) is 2.82. The number of primary amides is 1. The molecule has 2 heterocycles. The van der Waals surface area contributed by atoms with E-state index in [4.69, 9.17) is 20.9 Å². The molecule has 4 rings (SSSR count). The first-order chi connectivity index (χ1) is 17.8. The third-order valence-corrected chi connectivity index (χ3v) is 6.98. The van der Waals surface area contributed by atoms with Gasteiger partial charge in [0.1, 0.15) is 16.7 Å². The average Bonchev–Trinajstić information content (AvgIpc) is 3.56. The molecule has 1 aromatic heterocycles. The van der Waals surface area contributed by atoms with Crippen molar-refractivity contribution < 1.29 is 23.9 Å². The maximum Gasteiger partial charge on any atom is 0.273 e. The number of hydrogen-bond donors (Lipinski definition) is 3. The van der Waals surface area contributed by atoms with Crippen LogP contribution in [0.4, 0.5) is 11.4 Å². The van der Waals surface area contributed by atoms with E-state index in [1.165, 1.54) is 12.0 Å². The van der Waals surface area contributed by atoms with E-state index < -0.39 is 23.8 Å². The Morgan fingerprint density at radius 2 is 2.00 bits per heavy atom. The minimum Gasteiger partial charge on any atom is -0.497 e. The van der Waals surface area contributed by atoms with Crippen LogP contribution in [0.2, 0.25) is 0 Å². The van der Waals surface area contributed by atoms with Gasteiger partial charge < -0.3 is 26.3 Å². The van der Waals surface area contributed by atoms with Gasteiger partial charge in [-0.05, 0) is 49.0 Å². The van der Waals surface area contributed by atoms with E-state index in [0.29, 0.717) is 30.2 Å². The molecule has 3 amide bonds. The second-order valence-corrected chi connectivity index (χ2v) is 9.48. The number of methoxy groups -OCH3 is 1. The lowest BCUT2D eigenvalue weighted by Gasteiger charge is -2.32. The van der Waals surface area contributed by atoms with Gasteiger partial charge in [-0.3, -0.25) is 19.3 Å². The smallest absolute Gasteiger partial charge is 0.273 e. The molecule has 0 aliphatic carbocycles. The summed E-state index contributed by atoms with van der Waals surface area (Å²) in [6.45, 7) is 2.91. The standard InChI is InChI=1S/C26H29N5O5S/c1-15-8-10-16(11-9-15)22(25(33)29-14-19-7-4-12-36-19)31(17-5-3-6-18(13-17)35-2)26(34)23-20(27)21(24(28)32)30-37-23/h3,5-6,8-11,13,19,22H,4,7,12,14,27H2,1-2H3,(H2,28,32)(H,29,33)/t19-,22+/m1/s1. The lowest BCUT2D eigenvalue weighted by molar-refractivity contribution is -0.123. The van der Waals surface area contributed by atoms with Crippen molar-refractivity contribution >= 4 is 40.6 Å². The van der Waals surface area contributed by atoms with E-state index in [1.54, 1.807) is 36.4 Å². The average molecular weight is 524 g/mol. The zero-order chi connectivity index (χ0) is 26.5. The van der Waals surface area contributed by atoms with Gasteiger partial charge in [0.05, 0.1) is 18.9 Å². The van der Waals surface area contributed by atoms with Crippen molar-refractivity contribution in [1.82, 2.24) is 9.69 Å². The summed E-state index contributed by atoms with van der Waals surface area (Å²) in [5, 5.41) is 2.95. The molecule has 0 bridgehead atoms. The van der Waals surface area contributed by atoms with Gasteiger partial charge in [0.15, 0.2) is 5.69 Å². The Bertz CT molecular complexity index is 1290. The second kappa shape index (κ2) is 11.4. The Balaban J connectivity index is 1.82. The Kier molecular flexibility index (Phi) is 8.04. The summed E-state index contributed by atoms with van der Waals surface area (Å²) in [4.78, 5) is 40.9. The SMILES string of the molecule is COc1cccc(N(C(=O)c2snc(C(N)=O)c2N)[C@H](C(=O)NC[C@H]2CCCO2)c2ccc(C)cc2)c1. The highest BCUT2D eigenvalue weighted by Gasteiger charge is 2.36. The zero-order valence-electron chi connectivity index (χ0n) is 20.6. The molecule has 2 aromatic carbocycles. The molecule has 0 spiro atoms. The van der Waals surface area contributed by atoms with Gasteiger partial charge >= 0.3 is 0 Å². The fourth-order valence-electron chi connectivity index (χ4n) is 4.17. The first-order valence-electron chi connectivity index (χ1n) is 11.8. The summed E-state index contributed by atoms with van der Waals surface area (Å²) in [6, 6.07) is 13.1. The molecule has 1 fully saturated rings. The highest BCUT2D eigenvalue weighted by atomic mass is 32.1. The first kappa shape index (κ1) is 26.1. The van der Waals surface area contributed by atoms with Crippen molar-refractivity contribution in [2.75, 3.05) is 30.9 Å². The fraction of sp³-hybridized carbons (Fsp3) is 0.308. The van der Waals surface area contributed by atoms with Crippen LogP contribution in [0.25, 0.3) is 0 Å². The van der Waals surface area contributed by atoms with Crippen LogP contribution in [0.3, 0.4) is 0 Å². The summed E-state index contributed by atoms with van der Waals surface area (Å²) in [7, 11) is 1.51. The zero-order valence-corrected chi connectivity index (χ0v) is 21.4. The lowest BCUT2D eigenvalue weighted by Crippen LogP contribution is -2.45. The molecule has 0 radical (unpaired) electrons. The maximum absolute atomic E-state index is 14.1. The summed E-state index contributed by atoms with van der Waals surface area (Å²) in [5.41, 5.74) is 13.2. The van der Waals surface area contributed by atoms with E-state index >= 15 is 0 Å². The number of nitrogen functional groups attached to an aromatic ring is 1. The number of nitrogens with one attached hydrogen (secondary N) is 1. The van der Waals surface area contributed by atoms with Crippen LogP contribution in [0.1, 0.15) is 50.2 Å². The number of nitrogens with zero attached hydrogens (tertiary/aromatic N) is 2. The molecular weight excluding hydrogens is 494 g/mol. The minimum atomic E-state index is -1.07. The number of rotatable bonds is 9. The molecule has 5 N–H and O–H groups in total. The first-order valence-corrected chi connectivity index (χ1v) is 12.6. The molecule has 194 valence electrons. The highest BCUT2D eigenvalue weighted by Crippen LogP contribution is 2.34. The van der Waals surface area contributed by atoms with Crippen molar-refractivity contribution in [1.29, 1.82) is 0 Å². The number of aryl methyl sites for hydroxylation is 1. The number of ether oxygens (including phenoxy) is 2. The maximum atomic E-state index is 14.1. The predicted molar refractivity (Wildman–Crippen MR) is 141 cm³/mol. The molecule has 37 heavy (non-hydrogen) atoms. The highest BCUT2D eigenvalue weighted by molar-refractivity contribution is 7.09. The molecular formula is C26H29N5O5S. The van der Waals surface area contributed by atoms with Gasteiger partial charge in [-0.15, -0.1) is 0 Å². The van der Waals surface area contributed by atoms with Gasteiger partial charge in [0.25, 0.3) is 11.8 Å². The topological polar surface area (TPSA) is 150 Å². The van der Waals surface area contributed by atoms with E-state index in [2.05, 4.69) is 9.69 Å². The van der Waals surface area contributed by atoms with Gasteiger partial charge in [0.2, 0.25) is 5.91 Å². The number of carbonyl (C=O) groups is 3. The molecule has 0 unspecified atom stereocenters.